The van der Waals surface area contributed by atoms with E-state index in [1.807, 2.05) is 6.92 Å². The van der Waals surface area contributed by atoms with Crippen LogP contribution >= 0.6 is 11.6 Å². The number of amides is 2. The van der Waals surface area contributed by atoms with Crippen LogP contribution < -0.4 is 10.6 Å². The van der Waals surface area contributed by atoms with Gasteiger partial charge in [-0.15, -0.1) is 0 Å². The molecule has 2 amide bonds. The largest absolute Gasteiger partial charge is 0.396 e. The second-order valence-corrected chi connectivity index (χ2v) is 4.46. The molecule has 0 saturated heterocycles. The lowest BCUT2D eigenvalue weighted by Crippen LogP contribution is -2.36. The maximum atomic E-state index is 13.0. The highest BCUT2D eigenvalue weighted by molar-refractivity contribution is 6.30. The van der Waals surface area contributed by atoms with Gasteiger partial charge in [0.1, 0.15) is 5.82 Å². The molecule has 0 radical (unpaired) electrons. The fraction of sp³-hybridized carbons (Fsp3) is 0.417. The van der Waals surface area contributed by atoms with Crippen molar-refractivity contribution < 1.29 is 14.3 Å². The van der Waals surface area contributed by atoms with Crippen LogP contribution in [0, 0.1) is 5.82 Å². The van der Waals surface area contributed by atoms with E-state index < -0.39 is 11.8 Å². The second kappa shape index (κ2) is 7.18. The monoisotopic (exact) mass is 274 g/mol. The molecule has 1 unspecified atom stereocenters. The predicted molar refractivity (Wildman–Crippen MR) is 69.3 cm³/mol. The van der Waals surface area contributed by atoms with Gasteiger partial charge in [0.05, 0.1) is 0 Å². The number of aliphatic hydroxyl groups excluding tert-OH is 1. The van der Waals surface area contributed by atoms with E-state index in [1.165, 1.54) is 12.1 Å². The first-order chi connectivity index (χ1) is 8.51. The average Bonchev–Trinajstić information content (AvgIpc) is 2.24. The summed E-state index contributed by atoms with van der Waals surface area (Å²) in [5.41, 5.74) is 0.298. The molecule has 0 aromatic heterocycles. The molecule has 0 aliphatic rings. The van der Waals surface area contributed by atoms with Crippen molar-refractivity contribution in [3.8, 4) is 0 Å². The lowest BCUT2D eigenvalue weighted by atomic mass is 10.2. The quantitative estimate of drug-likeness (QED) is 0.773. The molecule has 6 heteroatoms. The van der Waals surface area contributed by atoms with Crippen LogP contribution in [0.25, 0.3) is 0 Å². The van der Waals surface area contributed by atoms with Crippen molar-refractivity contribution in [1.82, 2.24) is 5.32 Å². The topological polar surface area (TPSA) is 61.4 Å². The van der Waals surface area contributed by atoms with E-state index >= 15 is 0 Å². The van der Waals surface area contributed by atoms with E-state index in [4.69, 9.17) is 16.7 Å². The molecule has 1 rings (SSSR count). The van der Waals surface area contributed by atoms with Crippen LogP contribution in [0.4, 0.5) is 14.9 Å². The van der Waals surface area contributed by atoms with Gasteiger partial charge in [-0.3, -0.25) is 0 Å². The zero-order valence-electron chi connectivity index (χ0n) is 10.0. The van der Waals surface area contributed by atoms with Gasteiger partial charge in [-0.2, -0.15) is 0 Å². The van der Waals surface area contributed by atoms with Crippen LogP contribution in [0.1, 0.15) is 19.8 Å². The first kappa shape index (κ1) is 14.7. The summed E-state index contributed by atoms with van der Waals surface area (Å²) in [5.74, 6) is -0.508. The summed E-state index contributed by atoms with van der Waals surface area (Å²) in [7, 11) is 0. The maximum absolute atomic E-state index is 13.0. The zero-order chi connectivity index (χ0) is 13.5. The molecule has 100 valence electrons. The molecule has 0 spiro atoms. The van der Waals surface area contributed by atoms with Crippen LogP contribution in [-0.2, 0) is 0 Å². The van der Waals surface area contributed by atoms with Gasteiger partial charge < -0.3 is 15.7 Å². The number of hydrogen-bond acceptors (Lipinski definition) is 2. The Hall–Kier alpha value is -1.33. The highest BCUT2D eigenvalue weighted by atomic mass is 35.5. The van der Waals surface area contributed by atoms with Gasteiger partial charge in [0, 0.05) is 23.4 Å². The Balaban J connectivity index is 2.48. The lowest BCUT2D eigenvalue weighted by molar-refractivity contribution is 0.245. The number of halogens is 2. The average molecular weight is 275 g/mol. The SMILES string of the molecule is CC(CCCO)NC(=O)Nc1cc(F)cc(Cl)c1. The summed E-state index contributed by atoms with van der Waals surface area (Å²) in [5, 5.41) is 14.1. The van der Waals surface area contributed by atoms with Crippen molar-refractivity contribution in [2.24, 2.45) is 0 Å². The minimum Gasteiger partial charge on any atom is -0.396 e. The first-order valence-electron chi connectivity index (χ1n) is 5.65. The Labute approximate surface area is 110 Å². The molecule has 0 bridgehead atoms. The Morgan fingerprint density at radius 1 is 1.50 bits per heavy atom. The number of urea groups is 1. The van der Waals surface area contributed by atoms with Crippen molar-refractivity contribution in [1.29, 1.82) is 0 Å². The number of nitrogens with one attached hydrogen (secondary N) is 2. The molecule has 0 aliphatic carbocycles. The molecular formula is C12H16ClFN2O2. The molecule has 4 nitrogen and oxygen atoms in total. The van der Waals surface area contributed by atoms with Crippen molar-refractivity contribution in [2.75, 3.05) is 11.9 Å². The summed E-state index contributed by atoms with van der Waals surface area (Å²) >= 11 is 5.67. The van der Waals surface area contributed by atoms with Gasteiger partial charge in [0.2, 0.25) is 0 Å². The lowest BCUT2D eigenvalue weighted by Gasteiger charge is -2.14. The van der Waals surface area contributed by atoms with Crippen LogP contribution in [0.2, 0.25) is 5.02 Å². The number of rotatable bonds is 5. The Morgan fingerprint density at radius 2 is 2.22 bits per heavy atom. The zero-order valence-corrected chi connectivity index (χ0v) is 10.8. The van der Waals surface area contributed by atoms with Crippen LogP contribution in [-0.4, -0.2) is 23.8 Å². The molecule has 0 heterocycles. The summed E-state index contributed by atoms with van der Waals surface area (Å²) in [6.07, 6.45) is 1.29. The van der Waals surface area contributed by atoms with Gasteiger partial charge >= 0.3 is 6.03 Å². The highest BCUT2D eigenvalue weighted by Gasteiger charge is 2.08. The minimum absolute atomic E-state index is 0.0684. The number of carbonyl (C=O) groups is 1. The fourth-order valence-electron chi connectivity index (χ4n) is 1.49. The summed E-state index contributed by atoms with van der Waals surface area (Å²) in [4.78, 5) is 11.6. The van der Waals surface area contributed by atoms with Crippen molar-refractivity contribution in [2.45, 2.75) is 25.8 Å². The molecule has 1 aromatic rings. The third-order valence-corrected chi connectivity index (χ3v) is 2.51. The van der Waals surface area contributed by atoms with Gasteiger partial charge in [-0.25, -0.2) is 9.18 Å². The van der Waals surface area contributed by atoms with E-state index in [9.17, 15) is 9.18 Å². The molecule has 1 atom stereocenters. The molecule has 3 N–H and O–H groups in total. The Morgan fingerprint density at radius 3 is 2.83 bits per heavy atom. The molecular weight excluding hydrogens is 259 g/mol. The number of carbonyl (C=O) groups excluding carboxylic acids is 1. The molecule has 18 heavy (non-hydrogen) atoms. The van der Waals surface area contributed by atoms with E-state index in [2.05, 4.69) is 10.6 Å². The normalized spacial score (nSPS) is 12.0. The fourth-order valence-corrected chi connectivity index (χ4v) is 1.71. The van der Waals surface area contributed by atoms with Gasteiger partial charge in [-0.1, -0.05) is 11.6 Å². The van der Waals surface area contributed by atoms with Crippen LogP contribution in [0.5, 0.6) is 0 Å². The third-order valence-electron chi connectivity index (χ3n) is 2.29. The summed E-state index contributed by atoms with van der Waals surface area (Å²) < 4.78 is 13.0. The van der Waals surface area contributed by atoms with Crippen LogP contribution in [0.3, 0.4) is 0 Å². The maximum Gasteiger partial charge on any atom is 0.319 e. The molecule has 0 fully saturated rings. The van der Waals surface area contributed by atoms with Crippen LogP contribution in [0.15, 0.2) is 18.2 Å². The number of aliphatic hydroxyl groups is 1. The standard InChI is InChI=1S/C12H16ClFN2O2/c1-8(3-2-4-17)15-12(18)16-11-6-9(13)5-10(14)7-11/h5-8,17H,2-4H2,1H3,(H2,15,16,18). The number of hydrogen-bond donors (Lipinski definition) is 3. The predicted octanol–water partition coefficient (Wildman–Crippen LogP) is 2.76. The van der Waals surface area contributed by atoms with E-state index in [0.29, 0.717) is 18.5 Å². The van der Waals surface area contributed by atoms with E-state index in [-0.39, 0.29) is 17.7 Å². The van der Waals surface area contributed by atoms with E-state index in [0.717, 1.165) is 6.07 Å². The summed E-state index contributed by atoms with van der Waals surface area (Å²) in [6.45, 7) is 1.92. The van der Waals surface area contributed by atoms with E-state index in [1.54, 1.807) is 0 Å². The number of benzene rings is 1. The minimum atomic E-state index is -0.508. The Kier molecular flexibility index (Phi) is 5.88. The van der Waals surface area contributed by atoms with Gasteiger partial charge in [0.15, 0.2) is 0 Å². The van der Waals surface area contributed by atoms with Crippen molar-refractivity contribution in [3.05, 3.63) is 29.0 Å². The van der Waals surface area contributed by atoms with Gasteiger partial charge in [0.25, 0.3) is 0 Å². The highest BCUT2D eigenvalue weighted by Crippen LogP contribution is 2.17. The second-order valence-electron chi connectivity index (χ2n) is 4.02. The number of anilines is 1. The molecule has 0 aliphatic heterocycles. The molecule has 0 saturated carbocycles. The Bertz CT molecular complexity index is 395. The van der Waals surface area contributed by atoms with Crippen molar-refractivity contribution in [3.63, 3.8) is 0 Å². The third kappa shape index (κ3) is 5.33. The molecule has 1 aromatic carbocycles. The van der Waals surface area contributed by atoms with Crippen molar-refractivity contribution >= 4 is 23.3 Å². The van der Waals surface area contributed by atoms with Gasteiger partial charge in [-0.05, 0) is 38.0 Å². The first-order valence-corrected chi connectivity index (χ1v) is 6.03. The summed E-state index contributed by atoms with van der Waals surface area (Å²) in [6, 6.07) is 3.31. The smallest absolute Gasteiger partial charge is 0.319 e.